The highest BCUT2D eigenvalue weighted by Gasteiger charge is 2.38. The molecule has 33 heavy (non-hydrogen) atoms. The Balaban J connectivity index is 1.64. The molecule has 0 radical (unpaired) electrons. The van der Waals surface area contributed by atoms with E-state index in [2.05, 4.69) is 19.2 Å². The van der Waals surface area contributed by atoms with Gasteiger partial charge in [0, 0.05) is 25.2 Å². The molecule has 2 amide bonds. The fraction of sp³-hybridized carbons (Fsp3) is 0.667. The van der Waals surface area contributed by atoms with E-state index < -0.39 is 15.6 Å². The van der Waals surface area contributed by atoms with Gasteiger partial charge in [0.15, 0.2) is 0 Å². The lowest BCUT2D eigenvalue weighted by atomic mass is 9.94. The van der Waals surface area contributed by atoms with Gasteiger partial charge in [0.1, 0.15) is 5.60 Å². The van der Waals surface area contributed by atoms with Crippen molar-refractivity contribution in [1.29, 1.82) is 0 Å². The zero-order chi connectivity index (χ0) is 24.6. The van der Waals surface area contributed by atoms with Crippen LogP contribution < -0.4 is 5.32 Å². The third-order valence-electron chi connectivity index (χ3n) is 6.25. The van der Waals surface area contributed by atoms with E-state index >= 15 is 0 Å². The summed E-state index contributed by atoms with van der Waals surface area (Å²) in [5.41, 5.74) is 2.01. The lowest BCUT2D eigenvalue weighted by Gasteiger charge is -2.30. The Bertz CT molecular complexity index is 992. The smallest absolute Gasteiger partial charge is 0.411 e. The number of carbonyl (C=O) groups excluding carboxylic acids is 2. The molecule has 0 aliphatic carbocycles. The predicted molar refractivity (Wildman–Crippen MR) is 127 cm³/mol. The molecule has 1 aromatic rings. The van der Waals surface area contributed by atoms with Crippen molar-refractivity contribution in [3.05, 3.63) is 34.9 Å². The first-order valence-corrected chi connectivity index (χ1v) is 13.5. The Labute approximate surface area is 197 Å². The topological polar surface area (TPSA) is 96.0 Å². The second kappa shape index (κ2) is 9.62. The minimum atomic E-state index is -3.15. The van der Waals surface area contributed by atoms with E-state index in [0.717, 1.165) is 24.0 Å². The van der Waals surface area contributed by atoms with Crippen molar-refractivity contribution in [2.45, 2.75) is 65.6 Å². The summed E-state index contributed by atoms with van der Waals surface area (Å²) < 4.78 is 30.4. The number of piperidine rings is 1. The number of sulfonamides is 1. The van der Waals surface area contributed by atoms with Gasteiger partial charge in [-0.2, -0.15) is 0 Å². The van der Waals surface area contributed by atoms with Crippen LogP contribution in [-0.2, 0) is 21.3 Å². The van der Waals surface area contributed by atoms with Crippen LogP contribution in [0.15, 0.2) is 18.2 Å². The van der Waals surface area contributed by atoms with Gasteiger partial charge in [-0.1, -0.05) is 19.9 Å². The Morgan fingerprint density at radius 2 is 1.82 bits per heavy atom. The molecular formula is C24H37N3O5S. The van der Waals surface area contributed by atoms with Crippen molar-refractivity contribution in [1.82, 2.24) is 14.5 Å². The molecule has 1 atom stereocenters. The summed E-state index contributed by atoms with van der Waals surface area (Å²) in [6, 6.07) is 5.54. The molecule has 0 bridgehead atoms. The summed E-state index contributed by atoms with van der Waals surface area (Å²) in [4.78, 5) is 27.4. The van der Waals surface area contributed by atoms with E-state index in [4.69, 9.17) is 4.74 Å². The third-order valence-corrected chi connectivity index (χ3v) is 7.56. The maximum atomic E-state index is 12.8. The number of carbonyl (C=O) groups is 2. The number of hydrogen-bond donors (Lipinski definition) is 1. The van der Waals surface area contributed by atoms with E-state index in [1.807, 2.05) is 39.0 Å². The zero-order valence-corrected chi connectivity index (χ0v) is 21.4. The van der Waals surface area contributed by atoms with Gasteiger partial charge in [-0.25, -0.2) is 17.5 Å². The lowest BCUT2D eigenvalue weighted by molar-refractivity contribution is 0.0127. The summed E-state index contributed by atoms with van der Waals surface area (Å²) in [6.07, 6.45) is 2.36. The van der Waals surface area contributed by atoms with Gasteiger partial charge >= 0.3 is 6.09 Å². The molecule has 1 fully saturated rings. The van der Waals surface area contributed by atoms with E-state index in [0.29, 0.717) is 31.7 Å². The van der Waals surface area contributed by atoms with Gasteiger partial charge < -0.3 is 10.1 Å². The summed E-state index contributed by atoms with van der Waals surface area (Å²) in [5.74, 6) is 0.311. The largest absolute Gasteiger partial charge is 0.444 e. The summed E-state index contributed by atoms with van der Waals surface area (Å²) in [7, 11) is -3.15. The summed E-state index contributed by atoms with van der Waals surface area (Å²) in [5, 5.41) is 3.00. The van der Waals surface area contributed by atoms with Crippen LogP contribution in [0.3, 0.4) is 0 Å². The van der Waals surface area contributed by atoms with Crippen LogP contribution in [-0.4, -0.2) is 61.1 Å². The molecule has 2 aliphatic heterocycles. The Morgan fingerprint density at radius 1 is 1.18 bits per heavy atom. The Hall–Kier alpha value is -2.13. The molecule has 0 saturated carbocycles. The monoisotopic (exact) mass is 479 g/mol. The average Bonchev–Trinajstić information content (AvgIpc) is 3.09. The average molecular weight is 480 g/mol. The van der Waals surface area contributed by atoms with Crippen LogP contribution in [0.25, 0.3) is 0 Å². The van der Waals surface area contributed by atoms with E-state index in [1.165, 1.54) is 10.6 Å². The maximum Gasteiger partial charge on any atom is 0.411 e. The number of nitrogens with one attached hydrogen (secondary N) is 1. The summed E-state index contributed by atoms with van der Waals surface area (Å²) in [6.45, 7) is 11.6. The van der Waals surface area contributed by atoms with Crippen molar-refractivity contribution in [2.75, 3.05) is 25.9 Å². The molecule has 9 heteroatoms. The predicted octanol–water partition coefficient (Wildman–Crippen LogP) is 3.54. The van der Waals surface area contributed by atoms with Gasteiger partial charge in [0.2, 0.25) is 10.0 Å². The second-order valence-corrected chi connectivity index (χ2v) is 12.5. The minimum Gasteiger partial charge on any atom is -0.444 e. The molecule has 0 aromatic heterocycles. The van der Waals surface area contributed by atoms with Crippen LogP contribution in [0.2, 0.25) is 0 Å². The molecule has 1 N–H and O–H groups in total. The molecule has 0 unspecified atom stereocenters. The van der Waals surface area contributed by atoms with Gasteiger partial charge in [0.05, 0.1) is 18.8 Å². The second-order valence-electron chi connectivity index (χ2n) is 10.5. The van der Waals surface area contributed by atoms with Gasteiger partial charge in [0.25, 0.3) is 5.91 Å². The van der Waals surface area contributed by atoms with E-state index in [9.17, 15) is 18.0 Å². The number of benzene rings is 1. The van der Waals surface area contributed by atoms with Gasteiger partial charge in [-0.05, 0) is 68.7 Å². The van der Waals surface area contributed by atoms with Crippen molar-refractivity contribution < 1.29 is 22.7 Å². The highest BCUT2D eigenvalue weighted by Crippen LogP contribution is 2.40. The lowest BCUT2D eigenvalue weighted by Crippen LogP contribution is -2.41. The normalized spacial score (nSPS) is 20.1. The first kappa shape index (κ1) is 25.5. The number of ether oxygens (including phenoxy) is 1. The molecule has 184 valence electrons. The maximum absolute atomic E-state index is 12.8. The number of fused-ring (bicyclic) bond motifs is 1. The number of amides is 2. The standard InChI is InChI=1S/C24H37N3O5S/c1-16(2)21-20-8-7-18(13-19(20)15-27(21)23(29)32-24(3,4)5)22(28)25-14-17-9-11-26(12-10-17)33(6,30)31/h7-8,13,16-17,21H,9-12,14-15H2,1-6H3,(H,25,28)/t21-/m0/s1. The van der Waals surface area contributed by atoms with E-state index in [1.54, 1.807) is 4.90 Å². The Kier molecular flexibility index (Phi) is 7.43. The molecule has 1 saturated heterocycles. The van der Waals surface area contributed by atoms with Crippen molar-refractivity contribution in [2.24, 2.45) is 11.8 Å². The van der Waals surface area contributed by atoms with Gasteiger partial charge in [-0.15, -0.1) is 0 Å². The third kappa shape index (κ3) is 6.26. The quantitative estimate of drug-likeness (QED) is 0.697. The molecule has 8 nitrogen and oxygen atoms in total. The molecule has 0 spiro atoms. The van der Waals surface area contributed by atoms with Crippen LogP contribution in [0.4, 0.5) is 4.79 Å². The highest BCUT2D eigenvalue weighted by atomic mass is 32.2. The zero-order valence-electron chi connectivity index (χ0n) is 20.6. The van der Waals surface area contributed by atoms with Gasteiger partial charge in [-0.3, -0.25) is 9.69 Å². The van der Waals surface area contributed by atoms with Crippen LogP contribution >= 0.6 is 0 Å². The number of rotatable bonds is 5. The molecule has 2 heterocycles. The minimum absolute atomic E-state index is 0.0907. The fourth-order valence-corrected chi connectivity index (χ4v) is 5.50. The van der Waals surface area contributed by atoms with Crippen LogP contribution in [0, 0.1) is 11.8 Å². The SMILES string of the molecule is CC(C)[C@H]1c2ccc(C(=O)NCC3CCN(S(C)(=O)=O)CC3)cc2CN1C(=O)OC(C)(C)C. The summed E-state index contributed by atoms with van der Waals surface area (Å²) >= 11 is 0. The van der Waals surface area contributed by atoms with Crippen LogP contribution in [0.1, 0.15) is 75.0 Å². The first-order chi connectivity index (χ1) is 15.3. The number of hydrogen-bond acceptors (Lipinski definition) is 5. The van der Waals surface area contributed by atoms with Crippen molar-refractivity contribution in [3.63, 3.8) is 0 Å². The molecular weight excluding hydrogens is 442 g/mol. The molecule has 3 rings (SSSR count). The molecule has 1 aromatic carbocycles. The number of nitrogens with zero attached hydrogens (tertiary/aromatic N) is 2. The van der Waals surface area contributed by atoms with Crippen LogP contribution in [0.5, 0.6) is 0 Å². The fourth-order valence-electron chi connectivity index (χ4n) is 4.62. The first-order valence-electron chi connectivity index (χ1n) is 11.6. The highest BCUT2D eigenvalue weighted by molar-refractivity contribution is 7.88. The van der Waals surface area contributed by atoms with Crippen molar-refractivity contribution >= 4 is 22.0 Å². The Morgan fingerprint density at radius 3 is 2.36 bits per heavy atom. The van der Waals surface area contributed by atoms with E-state index in [-0.39, 0.29) is 29.9 Å². The van der Waals surface area contributed by atoms with Crippen molar-refractivity contribution in [3.8, 4) is 0 Å². The molecule has 2 aliphatic rings.